The summed E-state index contributed by atoms with van der Waals surface area (Å²) in [6, 6.07) is 0. The second-order valence-electron chi connectivity index (χ2n) is 1.67. The van der Waals surface area contributed by atoms with E-state index in [0.29, 0.717) is 0 Å². The summed E-state index contributed by atoms with van der Waals surface area (Å²) in [4.78, 5) is 0. The zero-order valence-corrected chi connectivity index (χ0v) is 5.72. The molecule has 1 rings (SSSR count). The first-order valence-corrected chi connectivity index (χ1v) is 3.58. The molecular formula is C6H11FS. The van der Waals surface area contributed by atoms with E-state index in [-0.39, 0.29) is 12.1 Å². The molecule has 1 aliphatic rings. The van der Waals surface area contributed by atoms with Crippen molar-refractivity contribution in [2.24, 2.45) is 0 Å². The molecule has 0 saturated heterocycles. The van der Waals surface area contributed by atoms with E-state index in [1.165, 1.54) is 25.7 Å². The first kappa shape index (κ1) is 8.02. The minimum absolute atomic E-state index is 0.120. The molecule has 0 nitrogen and oxygen atoms in total. The van der Waals surface area contributed by atoms with Gasteiger partial charge in [-0.2, -0.15) is 3.89 Å². The van der Waals surface area contributed by atoms with Crippen LogP contribution in [0.4, 0.5) is 3.89 Å². The Kier molecular flexibility index (Phi) is 7.04. The van der Waals surface area contributed by atoms with Gasteiger partial charge in [-0.1, -0.05) is 32.3 Å². The molecule has 2 heteroatoms. The van der Waals surface area contributed by atoms with E-state index < -0.39 is 0 Å². The van der Waals surface area contributed by atoms with Crippen molar-refractivity contribution < 1.29 is 3.89 Å². The molecule has 0 aromatic carbocycles. The molecule has 0 aliphatic heterocycles. The standard InChI is InChI=1S/C4H8.C2H3FS/c1-2-4-3-1;1-2-4-3/h1-4H2;2H,1H2. The SMILES string of the molecule is C1CCC1.C=CSF. The molecular weight excluding hydrogens is 123 g/mol. The molecule has 1 aliphatic carbocycles. The average Bonchev–Trinajstić information content (AvgIpc) is 1.61. The van der Waals surface area contributed by atoms with E-state index in [0.717, 1.165) is 5.41 Å². The summed E-state index contributed by atoms with van der Waals surface area (Å²) >= 11 is 0.120. The van der Waals surface area contributed by atoms with Gasteiger partial charge in [0.15, 0.2) is 0 Å². The molecule has 0 bridgehead atoms. The molecule has 0 aromatic heterocycles. The highest BCUT2D eigenvalue weighted by Gasteiger charge is 1.95. The van der Waals surface area contributed by atoms with Gasteiger partial charge in [-0.15, -0.1) is 0 Å². The lowest BCUT2D eigenvalue weighted by atomic mass is 10.0. The van der Waals surface area contributed by atoms with Crippen molar-refractivity contribution in [3.8, 4) is 0 Å². The topological polar surface area (TPSA) is 0 Å². The molecule has 0 unspecified atom stereocenters. The predicted molar refractivity (Wildman–Crippen MR) is 37.4 cm³/mol. The Hall–Kier alpha value is 0.0200. The molecule has 1 saturated carbocycles. The van der Waals surface area contributed by atoms with Crippen molar-refractivity contribution in [2.45, 2.75) is 25.7 Å². The van der Waals surface area contributed by atoms with Crippen LogP contribution in [-0.2, 0) is 0 Å². The molecule has 0 atom stereocenters. The summed E-state index contributed by atoms with van der Waals surface area (Å²) in [5.74, 6) is 0. The van der Waals surface area contributed by atoms with Gasteiger partial charge < -0.3 is 0 Å². The van der Waals surface area contributed by atoms with E-state index in [1.807, 2.05) is 0 Å². The summed E-state index contributed by atoms with van der Waals surface area (Å²) in [7, 11) is 0. The third kappa shape index (κ3) is 6.02. The van der Waals surface area contributed by atoms with E-state index in [1.54, 1.807) is 0 Å². The van der Waals surface area contributed by atoms with Crippen molar-refractivity contribution >= 4 is 12.1 Å². The molecule has 48 valence electrons. The largest absolute Gasteiger partial charge is 0.160 e. The first-order valence-electron chi connectivity index (χ1n) is 2.80. The van der Waals surface area contributed by atoms with Crippen LogP contribution in [0.2, 0.25) is 0 Å². The lowest BCUT2D eigenvalue weighted by Crippen LogP contribution is -1.85. The Morgan fingerprint density at radius 2 is 1.50 bits per heavy atom. The van der Waals surface area contributed by atoms with E-state index >= 15 is 0 Å². The zero-order chi connectivity index (χ0) is 6.24. The molecule has 1 fully saturated rings. The Bertz CT molecular complexity index is 46.5. The number of rotatable bonds is 1. The number of hydrogen-bond acceptors (Lipinski definition) is 1. The molecule has 0 amide bonds. The normalized spacial score (nSPS) is 15.1. The second kappa shape index (κ2) is 7.02. The lowest BCUT2D eigenvalue weighted by Gasteiger charge is -2.05. The van der Waals surface area contributed by atoms with Gasteiger partial charge in [0, 0.05) is 0 Å². The van der Waals surface area contributed by atoms with Gasteiger partial charge in [0.2, 0.25) is 0 Å². The predicted octanol–water partition coefficient (Wildman–Crippen LogP) is 3.31. The van der Waals surface area contributed by atoms with E-state index in [4.69, 9.17) is 0 Å². The van der Waals surface area contributed by atoms with E-state index in [9.17, 15) is 3.89 Å². The van der Waals surface area contributed by atoms with Crippen LogP contribution in [0.25, 0.3) is 0 Å². The maximum atomic E-state index is 10.5. The minimum atomic E-state index is 0.120. The van der Waals surface area contributed by atoms with Crippen LogP contribution in [0.3, 0.4) is 0 Å². The van der Waals surface area contributed by atoms with Gasteiger partial charge in [-0.3, -0.25) is 0 Å². The molecule has 0 spiro atoms. The van der Waals surface area contributed by atoms with Crippen LogP contribution in [0, 0.1) is 0 Å². The van der Waals surface area contributed by atoms with Crippen molar-refractivity contribution in [3.05, 3.63) is 12.0 Å². The maximum Gasteiger partial charge on any atom is 0.0726 e. The number of hydrogen-bond donors (Lipinski definition) is 0. The van der Waals surface area contributed by atoms with Gasteiger partial charge in [0.25, 0.3) is 0 Å². The van der Waals surface area contributed by atoms with Crippen molar-refractivity contribution in [2.75, 3.05) is 0 Å². The Labute approximate surface area is 54.5 Å². The van der Waals surface area contributed by atoms with Crippen LogP contribution in [-0.4, -0.2) is 0 Å². The Morgan fingerprint density at radius 3 is 1.50 bits per heavy atom. The summed E-state index contributed by atoms with van der Waals surface area (Å²) in [5.41, 5.74) is 0. The van der Waals surface area contributed by atoms with Crippen LogP contribution < -0.4 is 0 Å². The monoisotopic (exact) mass is 134 g/mol. The summed E-state index contributed by atoms with van der Waals surface area (Å²) in [6.07, 6.45) is 6.00. The van der Waals surface area contributed by atoms with Gasteiger partial charge in [-0.05, 0) is 5.41 Å². The molecule has 0 radical (unpaired) electrons. The first-order chi connectivity index (χ1) is 3.91. The Balaban J connectivity index is 0.000000122. The van der Waals surface area contributed by atoms with Crippen molar-refractivity contribution in [3.63, 3.8) is 0 Å². The van der Waals surface area contributed by atoms with Gasteiger partial charge in [0.05, 0.1) is 12.1 Å². The quantitative estimate of drug-likeness (QED) is 0.530. The van der Waals surface area contributed by atoms with Gasteiger partial charge >= 0.3 is 0 Å². The minimum Gasteiger partial charge on any atom is -0.160 e. The van der Waals surface area contributed by atoms with Crippen LogP contribution in [0.1, 0.15) is 25.7 Å². The van der Waals surface area contributed by atoms with Crippen molar-refractivity contribution in [1.82, 2.24) is 0 Å². The highest BCUT2D eigenvalue weighted by Crippen LogP contribution is 2.15. The summed E-state index contributed by atoms with van der Waals surface area (Å²) < 4.78 is 10.5. The van der Waals surface area contributed by atoms with E-state index in [2.05, 4.69) is 6.58 Å². The maximum absolute atomic E-state index is 10.5. The van der Waals surface area contributed by atoms with Gasteiger partial charge in [-0.25, -0.2) is 0 Å². The summed E-state index contributed by atoms with van der Waals surface area (Å²) in [5, 5.41) is 1.12. The van der Waals surface area contributed by atoms with Crippen molar-refractivity contribution in [1.29, 1.82) is 0 Å². The summed E-state index contributed by atoms with van der Waals surface area (Å²) in [6.45, 7) is 3.07. The van der Waals surface area contributed by atoms with Crippen LogP contribution >= 0.6 is 12.1 Å². The fourth-order valence-corrected chi connectivity index (χ4v) is 0.250. The smallest absolute Gasteiger partial charge is 0.0726 e. The van der Waals surface area contributed by atoms with Gasteiger partial charge in [0.1, 0.15) is 0 Å². The fourth-order valence-electron chi connectivity index (χ4n) is 0.250. The third-order valence-corrected chi connectivity index (χ3v) is 1.19. The molecule has 0 N–H and O–H groups in total. The highest BCUT2D eigenvalue weighted by molar-refractivity contribution is 7.97. The van der Waals surface area contributed by atoms with Crippen LogP contribution in [0.5, 0.6) is 0 Å². The fraction of sp³-hybridized carbons (Fsp3) is 0.667. The molecule has 0 aromatic rings. The number of halogens is 1. The molecule has 0 heterocycles. The lowest BCUT2D eigenvalue weighted by molar-refractivity contribution is 0.504. The molecule has 8 heavy (non-hydrogen) atoms. The Morgan fingerprint density at radius 1 is 1.25 bits per heavy atom. The third-order valence-electron chi connectivity index (χ3n) is 1.06. The zero-order valence-electron chi connectivity index (χ0n) is 4.90. The highest BCUT2D eigenvalue weighted by atomic mass is 32.2. The van der Waals surface area contributed by atoms with Crippen LogP contribution in [0.15, 0.2) is 12.0 Å². The average molecular weight is 134 g/mol. The second-order valence-corrected chi connectivity index (χ2v) is 2.18.